The van der Waals surface area contributed by atoms with Crippen molar-refractivity contribution in [1.82, 2.24) is 4.31 Å². The normalized spacial score (nSPS) is 12.1. The lowest BCUT2D eigenvalue weighted by Gasteiger charge is -2.17. The smallest absolute Gasteiger partial charge is 0.242 e. The highest BCUT2D eigenvalue weighted by atomic mass is 32.2. The molecule has 0 saturated carbocycles. The molecule has 1 rings (SSSR count). The van der Waals surface area contributed by atoms with Crippen molar-refractivity contribution in [3.63, 3.8) is 0 Å². The van der Waals surface area contributed by atoms with Gasteiger partial charge in [0.05, 0.1) is 4.90 Å². The van der Waals surface area contributed by atoms with E-state index in [9.17, 15) is 8.42 Å². The van der Waals surface area contributed by atoms with E-state index < -0.39 is 10.0 Å². The van der Waals surface area contributed by atoms with Gasteiger partial charge in [0.1, 0.15) is 0 Å². The van der Waals surface area contributed by atoms with Crippen molar-refractivity contribution in [3.05, 3.63) is 29.3 Å². The Balaban J connectivity index is 3.17. The molecule has 0 spiro atoms. The van der Waals surface area contributed by atoms with E-state index in [-0.39, 0.29) is 0 Å². The molecule has 0 fully saturated rings. The van der Waals surface area contributed by atoms with Crippen LogP contribution in [-0.2, 0) is 23.0 Å². The molecule has 18 heavy (non-hydrogen) atoms. The van der Waals surface area contributed by atoms with Crippen molar-refractivity contribution in [3.8, 4) is 0 Å². The van der Waals surface area contributed by atoms with Gasteiger partial charge in [-0.05, 0) is 36.1 Å². The van der Waals surface area contributed by atoms with Crippen molar-refractivity contribution in [2.45, 2.75) is 38.1 Å². The zero-order chi connectivity index (χ0) is 13.8. The average molecular weight is 270 g/mol. The number of sulfonamides is 1. The molecule has 0 aliphatic heterocycles. The molecule has 0 bridgehead atoms. The third kappa shape index (κ3) is 3.10. The van der Waals surface area contributed by atoms with Gasteiger partial charge in [0, 0.05) is 20.1 Å². The predicted molar refractivity (Wildman–Crippen MR) is 73.8 cm³/mol. The summed E-state index contributed by atoms with van der Waals surface area (Å²) in [6, 6.07) is 5.22. The van der Waals surface area contributed by atoms with Gasteiger partial charge in [0.2, 0.25) is 10.0 Å². The topological polar surface area (TPSA) is 63.4 Å². The second kappa shape index (κ2) is 6.31. The largest absolute Gasteiger partial charge is 0.326 e. The molecule has 0 aromatic heterocycles. The maximum Gasteiger partial charge on any atom is 0.242 e. The van der Waals surface area contributed by atoms with Crippen molar-refractivity contribution in [1.29, 1.82) is 0 Å². The van der Waals surface area contributed by atoms with Crippen LogP contribution in [0.3, 0.4) is 0 Å². The van der Waals surface area contributed by atoms with Crippen LogP contribution in [0, 0.1) is 0 Å². The van der Waals surface area contributed by atoms with Crippen LogP contribution in [0.1, 0.15) is 31.4 Å². The third-order valence-electron chi connectivity index (χ3n) is 3.03. The minimum Gasteiger partial charge on any atom is -0.326 e. The Hall–Kier alpha value is -0.910. The summed E-state index contributed by atoms with van der Waals surface area (Å²) in [6.45, 7) is 4.88. The van der Waals surface area contributed by atoms with E-state index >= 15 is 0 Å². The quantitative estimate of drug-likeness (QED) is 0.856. The minimum atomic E-state index is -3.38. The third-order valence-corrected chi connectivity index (χ3v) is 4.88. The average Bonchev–Trinajstić information content (AvgIpc) is 2.38. The van der Waals surface area contributed by atoms with Gasteiger partial charge in [-0.3, -0.25) is 0 Å². The Bertz CT molecular complexity index is 498. The van der Waals surface area contributed by atoms with Crippen LogP contribution in [0.5, 0.6) is 0 Å². The second-order valence-electron chi connectivity index (χ2n) is 4.31. The lowest BCUT2D eigenvalue weighted by Crippen LogP contribution is -2.27. The fourth-order valence-electron chi connectivity index (χ4n) is 1.91. The lowest BCUT2D eigenvalue weighted by molar-refractivity contribution is 0.468. The van der Waals surface area contributed by atoms with E-state index in [2.05, 4.69) is 0 Å². The molecule has 102 valence electrons. The molecule has 0 atom stereocenters. The summed E-state index contributed by atoms with van der Waals surface area (Å²) in [5.74, 6) is 0. The van der Waals surface area contributed by atoms with Crippen LogP contribution in [0.25, 0.3) is 0 Å². The highest BCUT2D eigenvalue weighted by Gasteiger charge is 2.20. The fraction of sp³-hybridized carbons (Fsp3) is 0.538. The number of nitrogens with zero attached hydrogens (tertiary/aromatic N) is 1. The molecule has 0 aliphatic rings. The van der Waals surface area contributed by atoms with Crippen molar-refractivity contribution in [2.24, 2.45) is 5.73 Å². The molecule has 0 amide bonds. The zero-order valence-electron chi connectivity index (χ0n) is 11.3. The molecule has 0 aliphatic carbocycles. The molecule has 1 aromatic rings. The number of nitrogens with two attached hydrogens (primary N) is 1. The zero-order valence-corrected chi connectivity index (χ0v) is 12.1. The Morgan fingerprint density at radius 1 is 1.22 bits per heavy atom. The van der Waals surface area contributed by atoms with Gasteiger partial charge in [-0.25, -0.2) is 12.7 Å². The Kier molecular flexibility index (Phi) is 5.31. The number of benzene rings is 1. The Morgan fingerprint density at radius 3 is 2.39 bits per heavy atom. The summed E-state index contributed by atoms with van der Waals surface area (Å²) in [5, 5.41) is 0. The fourth-order valence-corrected chi connectivity index (χ4v) is 3.23. The number of hydrogen-bond donors (Lipinski definition) is 1. The van der Waals surface area contributed by atoms with E-state index in [4.69, 9.17) is 5.73 Å². The van der Waals surface area contributed by atoms with Gasteiger partial charge in [0.15, 0.2) is 0 Å². The first-order valence-electron chi connectivity index (χ1n) is 6.25. The number of hydrogen-bond acceptors (Lipinski definition) is 3. The first kappa shape index (κ1) is 15.1. The summed E-state index contributed by atoms with van der Waals surface area (Å²) in [6.07, 6.45) is 1.66. The van der Waals surface area contributed by atoms with Gasteiger partial charge in [0.25, 0.3) is 0 Å². The summed E-state index contributed by atoms with van der Waals surface area (Å²) in [4.78, 5) is 0.330. The van der Waals surface area contributed by atoms with Crippen molar-refractivity contribution in [2.75, 3.05) is 13.6 Å². The van der Waals surface area contributed by atoms with Crippen LogP contribution in [0.4, 0.5) is 0 Å². The van der Waals surface area contributed by atoms with E-state index in [0.29, 0.717) is 18.0 Å². The molecule has 5 heteroatoms. The molecular formula is C13H22N2O2S. The van der Waals surface area contributed by atoms with E-state index in [1.165, 1.54) is 4.31 Å². The van der Waals surface area contributed by atoms with Crippen molar-refractivity contribution < 1.29 is 8.42 Å². The SMILES string of the molecule is CCCN(C)S(=O)(=O)c1ccc(CC)c(CN)c1. The lowest BCUT2D eigenvalue weighted by atomic mass is 10.1. The van der Waals surface area contributed by atoms with Crippen molar-refractivity contribution >= 4 is 10.0 Å². The molecule has 0 heterocycles. The predicted octanol–water partition coefficient (Wildman–Crippen LogP) is 1.74. The molecule has 0 saturated heterocycles. The molecule has 2 N–H and O–H groups in total. The van der Waals surface area contributed by atoms with Gasteiger partial charge in [-0.15, -0.1) is 0 Å². The van der Waals surface area contributed by atoms with E-state index in [1.54, 1.807) is 19.2 Å². The van der Waals surface area contributed by atoms with Gasteiger partial charge < -0.3 is 5.73 Å². The highest BCUT2D eigenvalue weighted by Crippen LogP contribution is 2.19. The van der Waals surface area contributed by atoms with E-state index in [1.807, 2.05) is 19.9 Å². The molecule has 1 aromatic carbocycles. The van der Waals surface area contributed by atoms with Crippen LogP contribution in [0.15, 0.2) is 23.1 Å². The summed E-state index contributed by atoms with van der Waals surface area (Å²) in [7, 11) is -1.78. The molecule has 0 unspecified atom stereocenters. The first-order valence-corrected chi connectivity index (χ1v) is 7.69. The maximum atomic E-state index is 12.3. The molecular weight excluding hydrogens is 248 g/mol. The summed E-state index contributed by atoms with van der Waals surface area (Å²) >= 11 is 0. The van der Waals surface area contributed by atoms with Gasteiger partial charge in [-0.2, -0.15) is 0 Å². The second-order valence-corrected chi connectivity index (χ2v) is 6.36. The highest BCUT2D eigenvalue weighted by molar-refractivity contribution is 7.89. The standard InChI is InChI=1S/C13H22N2O2S/c1-4-8-15(3)18(16,17)13-7-6-11(5-2)12(9-13)10-14/h6-7,9H,4-5,8,10,14H2,1-3H3. The monoisotopic (exact) mass is 270 g/mol. The number of aryl methyl sites for hydroxylation is 1. The van der Waals surface area contributed by atoms with Gasteiger partial charge >= 0.3 is 0 Å². The maximum absolute atomic E-state index is 12.3. The van der Waals surface area contributed by atoms with Crippen LogP contribution >= 0.6 is 0 Å². The van der Waals surface area contributed by atoms with Gasteiger partial charge in [-0.1, -0.05) is 19.9 Å². The van der Waals surface area contributed by atoms with Crippen LogP contribution < -0.4 is 5.73 Å². The molecule has 0 radical (unpaired) electrons. The Morgan fingerprint density at radius 2 is 1.89 bits per heavy atom. The van der Waals surface area contributed by atoms with Crippen LogP contribution in [0.2, 0.25) is 0 Å². The first-order chi connectivity index (χ1) is 8.47. The minimum absolute atomic E-state index is 0.330. The summed E-state index contributed by atoms with van der Waals surface area (Å²) < 4.78 is 25.9. The summed E-state index contributed by atoms with van der Waals surface area (Å²) in [5.41, 5.74) is 7.68. The van der Waals surface area contributed by atoms with Crippen LogP contribution in [-0.4, -0.2) is 26.3 Å². The van der Waals surface area contributed by atoms with E-state index in [0.717, 1.165) is 24.0 Å². The Labute approximate surface area is 110 Å². The molecule has 4 nitrogen and oxygen atoms in total. The number of rotatable bonds is 6.